The Bertz CT molecular complexity index is 133. The van der Waals surface area contributed by atoms with Gasteiger partial charge in [0, 0.05) is 0 Å². The Morgan fingerprint density at radius 3 is 1.60 bits per heavy atom. The van der Waals surface area contributed by atoms with Crippen LogP contribution in [0.3, 0.4) is 0 Å². The maximum Gasteiger partial charge on any atom is 0.453 e. The number of carbonyl (C=O) groups excluding carboxylic acids is 1. The number of ketones is 1. The highest BCUT2D eigenvalue weighted by Gasteiger charge is 2.49. The van der Waals surface area contributed by atoms with E-state index in [4.69, 9.17) is 11.6 Å². The normalized spacial score (nSPS) is 13.4. The summed E-state index contributed by atoms with van der Waals surface area (Å²) in [5.41, 5.74) is 0. The summed E-state index contributed by atoms with van der Waals surface area (Å²) in [4.78, 5) is 10.2. The van der Waals surface area contributed by atoms with Crippen molar-refractivity contribution in [1.29, 1.82) is 0 Å². The van der Waals surface area contributed by atoms with Crippen molar-refractivity contribution >= 4 is 62.6 Å². The van der Waals surface area contributed by atoms with E-state index < -0.39 is 12.8 Å². The van der Waals surface area contributed by atoms with Crippen LogP contribution in [0.2, 0.25) is 0 Å². The van der Waals surface area contributed by atoms with Gasteiger partial charge < -0.3 is 0 Å². The number of Topliss-reactive ketones (excluding diaryl/α,β-unsaturated/α-hetero) is 1. The van der Waals surface area contributed by atoms with Crippen LogP contribution in [0, 0.1) is 0 Å². The predicted molar refractivity (Wildman–Crippen MR) is 47.7 cm³/mol. The Labute approximate surface area is 87.0 Å². The van der Waals surface area contributed by atoms with Gasteiger partial charge in [0.05, 0.1) is 0 Å². The summed E-state index contributed by atoms with van der Waals surface area (Å²) in [5, 5.41) is 0. The van der Waals surface area contributed by atoms with E-state index in [1.807, 2.05) is 0 Å². The molecule has 0 heterocycles. The standard InChI is InChI=1S/C3ClF3I2O/c4-2(8,9)1(10)3(5,6)7. The van der Waals surface area contributed by atoms with E-state index in [9.17, 15) is 18.0 Å². The average Bonchev–Trinajstić information content (AvgIpc) is 1.59. The topological polar surface area (TPSA) is 17.1 Å². The lowest BCUT2D eigenvalue weighted by atomic mass is 10.4. The van der Waals surface area contributed by atoms with Crippen LogP contribution >= 0.6 is 56.8 Å². The lowest BCUT2D eigenvalue weighted by Gasteiger charge is -2.11. The van der Waals surface area contributed by atoms with Crippen LogP contribution in [0.4, 0.5) is 13.2 Å². The SMILES string of the molecule is O=C(C(F)(F)F)C(Cl)(I)I. The third-order valence-corrected chi connectivity index (χ3v) is 1.67. The van der Waals surface area contributed by atoms with E-state index in [-0.39, 0.29) is 0 Å². The van der Waals surface area contributed by atoms with Gasteiger partial charge in [0.15, 0.2) is 0 Å². The van der Waals surface area contributed by atoms with Crippen molar-refractivity contribution in [2.75, 3.05) is 0 Å². The molecular formula is C3ClF3I2O. The van der Waals surface area contributed by atoms with E-state index in [2.05, 4.69) is 0 Å². The van der Waals surface area contributed by atoms with E-state index in [0.29, 0.717) is 0 Å². The Morgan fingerprint density at radius 2 is 1.60 bits per heavy atom. The Kier molecular flexibility index (Phi) is 3.69. The molecule has 0 fully saturated rings. The third kappa shape index (κ3) is 3.56. The molecule has 0 aromatic rings. The summed E-state index contributed by atoms with van der Waals surface area (Å²) in [6.07, 6.45) is -4.84. The Balaban J connectivity index is 4.40. The second kappa shape index (κ2) is 3.30. The Morgan fingerprint density at radius 1 is 1.30 bits per heavy atom. The maximum absolute atomic E-state index is 11.5. The van der Waals surface area contributed by atoms with Crippen LogP contribution in [0.1, 0.15) is 0 Å². The van der Waals surface area contributed by atoms with E-state index >= 15 is 0 Å². The fourth-order valence-corrected chi connectivity index (χ4v) is 0.879. The molecule has 0 spiro atoms. The summed E-state index contributed by atoms with van der Waals surface area (Å²) in [6.45, 7) is 0. The molecule has 10 heavy (non-hydrogen) atoms. The van der Waals surface area contributed by atoms with Crippen molar-refractivity contribution in [2.45, 2.75) is 7.06 Å². The van der Waals surface area contributed by atoms with Crippen molar-refractivity contribution in [3.05, 3.63) is 0 Å². The molecule has 7 heteroatoms. The van der Waals surface area contributed by atoms with Gasteiger partial charge in [-0.3, -0.25) is 4.79 Å². The van der Waals surface area contributed by atoms with Crippen molar-refractivity contribution in [1.82, 2.24) is 0 Å². The summed E-state index contributed by atoms with van der Waals surface area (Å²) in [6, 6.07) is 0. The largest absolute Gasteiger partial charge is 0.453 e. The van der Waals surface area contributed by atoms with Crippen molar-refractivity contribution in [3.63, 3.8) is 0 Å². The van der Waals surface area contributed by atoms with Crippen molar-refractivity contribution in [2.24, 2.45) is 0 Å². The number of rotatable bonds is 1. The summed E-state index contributed by atoms with van der Waals surface area (Å²) < 4.78 is 32.6. The molecule has 0 N–H and O–H groups in total. The highest BCUT2D eigenvalue weighted by molar-refractivity contribution is 14.2. The molecule has 60 valence electrons. The van der Waals surface area contributed by atoms with Crippen LogP contribution in [-0.4, -0.2) is 12.8 Å². The molecule has 0 atom stereocenters. The van der Waals surface area contributed by atoms with E-state index in [1.54, 1.807) is 0 Å². The minimum Gasteiger partial charge on any atom is -0.286 e. The summed E-state index contributed by atoms with van der Waals surface area (Å²) >= 11 is 7.49. The maximum atomic E-state index is 11.5. The molecule has 0 aliphatic heterocycles. The van der Waals surface area contributed by atoms with Crippen molar-refractivity contribution < 1.29 is 18.0 Å². The van der Waals surface area contributed by atoms with Crippen molar-refractivity contribution in [3.8, 4) is 0 Å². The predicted octanol–water partition coefficient (Wildman–Crippen LogP) is 2.88. The molecule has 0 rings (SSSR count). The molecule has 0 unspecified atom stereocenters. The van der Waals surface area contributed by atoms with Gasteiger partial charge in [-0.1, -0.05) is 11.6 Å². The number of hydrogen-bond donors (Lipinski definition) is 0. The molecule has 1 nitrogen and oxygen atoms in total. The zero-order chi connectivity index (χ0) is 8.58. The first kappa shape index (κ1) is 11.2. The Hall–Kier alpha value is 1.21. The van der Waals surface area contributed by atoms with Crippen LogP contribution < -0.4 is 0 Å². The zero-order valence-electron chi connectivity index (χ0n) is 4.18. The molecule has 0 aliphatic rings. The molecule has 0 radical (unpaired) electrons. The molecule has 0 aromatic carbocycles. The fraction of sp³-hybridized carbons (Fsp3) is 0.667. The monoisotopic (exact) mass is 398 g/mol. The smallest absolute Gasteiger partial charge is 0.286 e. The fourth-order valence-electron chi connectivity index (χ4n) is 0.161. The number of alkyl halides is 6. The van der Waals surface area contributed by atoms with Gasteiger partial charge in [-0.25, -0.2) is 0 Å². The lowest BCUT2D eigenvalue weighted by Crippen LogP contribution is -2.33. The number of halogens is 6. The van der Waals surface area contributed by atoms with Crippen LogP contribution in [0.5, 0.6) is 0 Å². The molecule has 0 aliphatic carbocycles. The van der Waals surface area contributed by atoms with E-state index in [1.165, 1.54) is 45.2 Å². The van der Waals surface area contributed by atoms with Gasteiger partial charge in [-0.15, -0.1) is 0 Å². The quantitative estimate of drug-likeness (QED) is 0.491. The van der Waals surface area contributed by atoms with Gasteiger partial charge in [-0.05, 0) is 45.2 Å². The molecule has 0 amide bonds. The second-order valence-corrected chi connectivity index (χ2v) is 8.47. The van der Waals surface area contributed by atoms with Gasteiger partial charge in [-0.2, -0.15) is 13.2 Å². The molecule has 0 saturated carbocycles. The minimum absolute atomic E-state index is 1.21. The van der Waals surface area contributed by atoms with Gasteiger partial charge >= 0.3 is 6.18 Å². The minimum atomic E-state index is -4.84. The second-order valence-electron chi connectivity index (χ2n) is 1.32. The molecule has 0 saturated heterocycles. The molecule has 0 aromatic heterocycles. The summed E-state index contributed by atoms with van der Waals surface area (Å²) in [5.74, 6) is -1.94. The van der Waals surface area contributed by atoms with E-state index in [0.717, 1.165) is 0 Å². The first-order valence-electron chi connectivity index (χ1n) is 1.84. The van der Waals surface area contributed by atoms with Crippen LogP contribution in [0.15, 0.2) is 0 Å². The lowest BCUT2D eigenvalue weighted by molar-refractivity contribution is -0.168. The average molecular weight is 398 g/mol. The highest BCUT2D eigenvalue weighted by atomic mass is 127. The zero-order valence-corrected chi connectivity index (χ0v) is 9.25. The summed E-state index contributed by atoms with van der Waals surface area (Å²) in [7, 11) is 0. The number of hydrogen-bond acceptors (Lipinski definition) is 1. The number of carbonyl (C=O) groups is 1. The van der Waals surface area contributed by atoms with Crippen LogP contribution in [-0.2, 0) is 4.79 Å². The molecule has 0 bridgehead atoms. The first-order valence-corrected chi connectivity index (χ1v) is 4.37. The van der Waals surface area contributed by atoms with Gasteiger partial charge in [0.25, 0.3) is 5.78 Å². The van der Waals surface area contributed by atoms with Gasteiger partial charge in [0.2, 0.25) is 0.888 Å². The van der Waals surface area contributed by atoms with Gasteiger partial charge in [0.1, 0.15) is 0 Å². The molecular weight excluding hydrogens is 398 g/mol. The van der Waals surface area contributed by atoms with Crippen LogP contribution in [0.25, 0.3) is 0 Å². The highest BCUT2D eigenvalue weighted by Crippen LogP contribution is 2.39. The third-order valence-electron chi connectivity index (χ3n) is 0.515. The first-order chi connectivity index (χ1) is 4.15.